The summed E-state index contributed by atoms with van der Waals surface area (Å²) in [6.45, 7) is 4.19. The molecule has 1 N–H and O–H groups in total. The molecule has 0 aliphatic rings. The fourth-order valence-electron chi connectivity index (χ4n) is 2.25. The van der Waals surface area contributed by atoms with Gasteiger partial charge in [-0.15, -0.1) is 0 Å². The summed E-state index contributed by atoms with van der Waals surface area (Å²) in [6.07, 6.45) is 1.39. The fraction of sp³-hybridized carbons (Fsp3) is 0.278. The molecule has 0 aromatic heterocycles. The Morgan fingerprint density at radius 1 is 1.04 bits per heavy atom. The molecule has 26 heavy (non-hydrogen) atoms. The van der Waals surface area contributed by atoms with Crippen LogP contribution in [0.1, 0.15) is 18.1 Å². The van der Waals surface area contributed by atoms with E-state index in [0.29, 0.717) is 23.7 Å². The van der Waals surface area contributed by atoms with Crippen LogP contribution in [0.3, 0.4) is 0 Å². The summed E-state index contributed by atoms with van der Waals surface area (Å²) in [7, 11) is -0.908. The maximum absolute atomic E-state index is 12.5. The SMILES string of the molecule is CCOc1ccc(/C=N/NS(=O)(=O)c2cc(C)ccc2OC)cc1OC. The molecule has 0 spiro atoms. The zero-order valence-electron chi connectivity index (χ0n) is 15.1. The van der Waals surface area contributed by atoms with E-state index in [4.69, 9.17) is 14.2 Å². The smallest absolute Gasteiger partial charge is 0.280 e. The van der Waals surface area contributed by atoms with Gasteiger partial charge in [-0.3, -0.25) is 0 Å². The van der Waals surface area contributed by atoms with E-state index in [2.05, 4.69) is 9.93 Å². The summed E-state index contributed by atoms with van der Waals surface area (Å²) in [5.74, 6) is 1.40. The lowest BCUT2D eigenvalue weighted by atomic mass is 10.2. The van der Waals surface area contributed by atoms with Crippen LogP contribution in [0.2, 0.25) is 0 Å². The molecule has 0 radical (unpaired) electrons. The van der Waals surface area contributed by atoms with Gasteiger partial charge in [0.05, 0.1) is 27.0 Å². The number of methoxy groups -OCH3 is 2. The third-order valence-electron chi connectivity index (χ3n) is 3.48. The second kappa shape index (κ2) is 8.57. The van der Waals surface area contributed by atoms with Gasteiger partial charge in [0.25, 0.3) is 10.0 Å². The number of hydrazone groups is 1. The maximum Gasteiger partial charge on any atom is 0.280 e. The number of sulfonamides is 1. The molecule has 2 aromatic carbocycles. The Balaban J connectivity index is 2.21. The molecule has 0 atom stereocenters. The van der Waals surface area contributed by atoms with Crippen molar-refractivity contribution in [3.63, 3.8) is 0 Å². The third-order valence-corrected chi connectivity index (χ3v) is 4.73. The van der Waals surface area contributed by atoms with E-state index in [1.54, 1.807) is 37.3 Å². The van der Waals surface area contributed by atoms with Crippen LogP contribution in [0, 0.1) is 6.92 Å². The van der Waals surface area contributed by atoms with Crippen molar-refractivity contribution in [2.75, 3.05) is 20.8 Å². The quantitative estimate of drug-likeness (QED) is 0.564. The number of ether oxygens (including phenoxy) is 3. The summed E-state index contributed by atoms with van der Waals surface area (Å²) in [4.78, 5) is 2.22. The van der Waals surface area contributed by atoms with Gasteiger partial charge in [0.2, 0.25) is 0 Å². The molecular formula is C18H22N2O5S. The largest absolute Gasteiger partial charge is 0.495 e. The van der Waals surface area contributed by atoms with Crippen molar-refractivity contribution in [2.24, 2.45) is 5.10 Å². The lowest BCUT2D eigenvalue weighted by molar-refractivity contribution is 0.311. The van der Waals surface area contributed by atoms with E-state index in [1.165, 1.54) is 26.5 Å². The first-order valence-corrected chi connectivity index (χ1v) is 9.40. The number of aryl methyl sites for hydroxylation is 1. The molecule has 0 heterocycles. The molecule has 0 bridgehead atoms. The average molecular weight is 378 g/mol. The molecule has 0 unspecified atom stereocenters. The second-order valence-electron chi connectivity index (χ2n) is 5.35. The molecule has 2 rings (SSSR count). The molecule has 140 valence electrons. The van der Waals surface area contributed by atoms with Gasteiger partial charge in [0, 0.05) is 0 Å². The summed E-state index contributed by atoms with van der Waals surface area (Å²) in [6, 6.07) is 10.1. The van der Waals surface area contributed by atoms with E-state index in [0.717, 1.165) is 5.56 Å². The van der Waals surface area contributed by atoms with Crippen LogP contribution in [-0.2, 0) is 10.0 Å². The van der Waals surface area contributed by atoms with Gasteiger partial charge in [0.1, 0.15) is 10.6 Å². The van der Waals surface area contributed by atoms with Crippen LogP contribution in [0.15, 0.2) is 46.4 Å². The lowest BCUT2D eigenvalue weighted by Crippen LogP contribution is -2.19. The van der Waals surface area contributed by atoms with Gasteiger partial charge < -0.3 is 14.2 Å². The highest BCUT2D eigenvalue weighted by atomic mass is 32.2. The standard InChI is InChI=1S/C18H22N2O5S/c1-5-25-15-9-7-14(11-17(15)24-4)12-19-20-26(21,22)18-10-13(2)6-8-16(18)23-3/h6-12,20H,5H2,1-4H3/b19-12+. The minimum atomic E-state index is -3.86. The number of rotatable bonds is 8. The number of hydrogen-bond acceptors (Lipinski definition) is 6. The number of hydrogen-bond donors (Lipinski definition) is 1. The van der Waals surface area contributed by atoms with Crippen molar-refractivity contribution in [3.05, 3.63) is 47.5 Å². The molecule has 7 nitrogen and oxygen atoms in total. The van der Waals surface area contributed by atoms with E-state index < -0.39 is 10.0 Å². The van der Waals surface area contributed by atoms with Gasteiger partial charge in [-0.2, -0.15) is 18.4 Å². The Morgan fingerprint density at radius 2 is 1.73 bits per heavy atom. The van der Waals surface area contributed by atoms with Crippen molar-refractivity contribution in [1.82, 2.24) is 4.83 Å². The Hall–Kier alpha value is -2.74. The fourth-order valence-corrected chi connectivity index (χ4v) is 3.30. The third kappa shape index (κ3) is 4.66. The molecule has 2 aromatic rings. The maximum atomic E-state index is 12.5. The molecule has 0 saturated heterocycles. The summed E-state index contributed by atoms with van der Waals surface area (Å²) in [5, 5.41) is 3.83. The Morgan fingerprint density at radius 3 is 2.38 bits per heavy atom. The van der Waals surface area contributed by atoms with Crippen LogP contribution in [0.4, 0.5) is 0 Å². The van der Waals surface area contributed by atoms with Crippen LogP contribution < -0.4 is 19.0 Å². The second-order valence-corrected chi connectivity index (χ2v) is 6.98. The summed E-state index contributed by atoms with van der Waals surface area (Å²) >= 11 is 0. The van der Waals surface area contributed by atoms with Crippen molar-refractivity contribution in [3.8, 4) is 17.2 Å². The molecule has 0 fully saturated rings. The molecular weight excluding hydrogens is 356 g/mol. The Labute approximate surface area is 153 Å². The Kier molecular flexibility index (Phi) is 6.46. The highest BCUT2D eigenvalue weighted by Crippen LogP contribution is 2.27. The zero-order valence-corrected chi connectivity index (χ0v) is 16.0. The van der Waals surface area contributed by atoms with E-state index >= 15 is 0 Å². The topological polar surface area (TPSA) is 86.2 Å². The first-order chi connectivity index (χ1) is 12.4. The lowest BCUT2D eigenvalue weighted by Gasteiger charge is -2.10. The van der Waals surface area contributed by atoms with Crippen LogP contribution in [0.25, 0.3) is 0 Å². The van der Waals surface area contributed by atoms with Crippen LogP contribution >= 0.6 is 0 Å². The van der Waals surface area contributed by atoms with Crippen LogP contribution in [-0.4, -0.2) is 35.5 Å². The first-order valence-electron chi connectivity index (χ1n) is 7.91. The minimum absolute atomic E-state index is 0.0291. The van der Waals surface area contributed by atoms with E-state index in [9.17, 15) is 8.42 Å². The van der Waals surface area contributed by atoms with Crippen molar-refractivity contribution in [2.45, 2.75) is 18.7 Å². The van der Waals surface area contributed by atoms with Crippen molar-refractivity contribution in [1.29, 1.82) is 0 Å². The highest BCUT2D eigenvalue weighted by molar-refractivity contribution is 7.89. The molecule has 0 amide bonds. The molecule has 0 saturated carbocycles. The summed E-state index contributed by atoms with van der Waals surface area (Å²) < 4.78 is 40.7. The number of benzene rings is 2. The van der Waals surface area contributed by atoms with Gasteiger partial charge in [-0.1, -0.05) is 6.07 Å². The average Bonchev–Trinajstić information content (AvgIpc) is 2.63. The zero-order chi connectivity index (χ0) is 19.2. The highest BCUT2D eigenvalue weighted by Gasteiger charge is 2.18. The van der Waals surface area contributed by atoms with Gasteiger partial charge in [0.15, 0.2) is 11.5 Å². The van der Waals surface area contributed by atoms with Crippen molar-refractivity contribution >= 4 is 16.2 Å². The monoisotopic (exact) mass is 378 g/mol. The van der Waals surface area contributed by atoms with Gasteiger partial charge in [-0.25, -0.2) is 0 Å². The van der Waals surface area contributed by atoms with Crippen LogP contribution in [0.5, 0.6) is 17.2 Å². The van der Waals surface area contributed by atoms with E-state index in [-0.39, 0.29) is 10.6 Å². The normalized spacial score (nSPS) is 11.4. The summed E-state index contributed by atoms with van der Waals surface area (Å²) in [5.41, 5.74) is 1.45. The molecule has 8 heteroatoms. The predicted octanol–water partition coefficient (Wildman–Crippen LogP) is 2.72. The molecule has 0 aliphatic heterocycles. The molecule has 0 aliphatic carbocycles. The van der Waals surface area contributed by atoms with E-state index in [1.807, 2.05) is 6.92 Å². The Bertz CT molecular complexity index is 894. The number of nitrogens with zero attached hydrogens (tertiary/aromatic N) is 1. The number of nitrogens with one attached hydrogen (secondary N) is 1. The van der Waals surface area contributed by atoms with Gasteiger partial charge in [-0.05, 0) is 55.3 Å². The first kappa shape index (κ1) is 19.6. The van der Waals surface area contributed by atoms with Gasteiger partial charge >= 0.3 is 0 Å². The minimum Gasteiger partial charge on any atom is -0.495 e. The predicted molar refractivity (Wildman–Crippen MR) is 99.8 cm³/mol. The van der Waals surface area contributed by atoms with Crippen molar-refractivity contribution < 1.29 is 22.6 Å².